The summed E-state index contributed by atoms with van der Waals surface area (Å²) in [6, 6.07) is -0.542. The number of nitrogens with zero attached hydrogens (tertiary/aromatic N) is 3. The topological polar surface area (TPSA) is 100 Å². The van der Waals surface area contributed by atoms with E-state index in [0.717, 1.165) is 0 Å². The number of aryl methyl sites for hydroxylation is 1. The van der Waals surface area contributed by atoms with E-state index in [1.807, 2.05) is 6.92 Å². The molecule has 1 aromatic heterocycles. The number of amides is 2. The second-order valence-corrected chi connectivity index (χ2v) is 4.25. The van der Waals surface area contributed by atoms with Crippen LogP contribution in [0.4, 0.5) is 0 Å². The molecule has 2 heterocycles. The van der Waals surface area contributed by atoms with Crippen molar-refractivity contribution in [1.29, 1.82) is 0 Å². The van der Waals surface area contributed by atoms with E-state index in [2.05, 4.69) is 20.8 Å². The molecule has 0 bridgehead atoms. The SMILES string of the molecule is CCNC(=O)C1CNCCN1C(=O)c1noc(C)n1. The van der Waals surface area contributed by atoms with Crippen LogP contribution >= 0.6 is 0 Å². The lowest BCUT2D eigenvalue weighted by Crippen LogP contribution is -2.59. The average molecular weight is 267 g/mol. The van der Waals surface area contributed by atoms with Gasteiger partial charge >= 0.3 is 0 Å². The van der Waals surface area contributed by atoms with Crippen LogP contribution in [-0.4, -0.2) is 59.1 Å². The predicted molar refractivity (Wildman–Crippen MR) is 65.4 cm³/mol. The van der Waals surface area contributed by atoms with Gasteiger partial charge in [-0.25, -0.2) is 0 Å². The molecule has 19 heavy (non-hydrogen) atoms. The van der Waals surface area contributed by atoms with Gasteiger partial charge in [-0.05, 0) is 6.92 Å². The summed E-state index contributed by atoms with van der Waals surface area (Å²) in [6.45, 7) is 5.48. The van der Waals surface area contributed by atoms with Gasteiger partial charge in [0, 0.05) is 33.1 Å². The fraction of sp³-hybridized carbons (Fsp3) is 0.636. The zero-order valence-corrected chi connectivity index (χ0v) is 11.0. The summed E-state index contributed by atoms with van der Waals surface area (Å²) in [5, 5.41) is 9.42. The van der Waals surface area contributed by atoms with Crippen LogP contribution in [0.3, 0.4) is 0 Å². The quantitative estimate of drug-likeness (QED) is 0.723. The Morgan fingerprint density at radius 2 is 2.37 bits per heavy atom. The van der Waals surface area contributed by atoms with Gasteiger partial charge in [-0.2, -0.15) is 4.98 Å². The number of hydrogen-bond acceptors (Lipinski definition) is 6. The molecule has 2 N–H and O–H groups in total. The first-order chi connectivity index (χ1) is 9.13. The summed E-state index contributed by atoms with van der Waals surface area (Å²) in [5.41, 5.74) is 0. The van der Waals surface area contributed by atoms with E-state index in [-0.39, 0.29) is 17.6 Å². The van der Waals surface area contributed by atoms with Gasteiger partial charge in [0.15, 0.2) is 0 Å². The highest BCUT2D eigenvalue weighted by Crippen LogP contribution is 2.09. The Morgan fingerprint density at radius 1 is 1.58 bits per heavy atom. The maximum absolute atomic E-state index is 12.3. The van der Waals surface area contributed by atoms with Crippen molar-refractivity contribution in [3.8, 4) is 0 Å². The molecule has 8 heteroatoms. The van der Waals surface area contributed by atoms with Crippen LogP contribution in [0.2, 0.25) is 0 Å². The number of nitrogens with one attached hydrogen (secondary N) is 2. The first-order valence-corrected chi connectivity index (χ1v) is 6.23. The molecule has 2 rings (SSSR count). The number of rotatable bonds is 3. The number of carbonyl (C=O) groups excluding carboxylic acids is 2. The lowest BCUT2D eigenvalue weighted by atomic mass is 10.1. The molecular weight excluding hydrogens is 250 g/mol. The maximum Gasteiger partial charge on any atom is 0.296 e. The molecule has 0 radical (unpaired) electrons. The van der Waals surface area contributed by atoms with E-state index in [4.69, 9.17) is 4.52 Å². The van der Waals surface area contributed by atoms with Crippen molar-refractivity contribution >= 4 is 11.8 Å². The summed E-state index contributed by atoms with van der Waals surface area (Å²) < 4.78 is 4.79. The third-order valence-corrected chi connectivity index (χ3v) is 2.88. The molecule has 8 nitrogen and oxygen atoms in total. The summed E-state index contributed by atoms with van der Waals surface area (Å²) in [4.78, 5) is 29.6. The lowest BCUT2D eigenvalue weighted by Gasteiger charge is -2.34. The van der Waals surface area contributed by atoms with Crippen molar-refractivity contribution in [2.45, 2.75) is 19.9 Å². The van der Waals surface area contributed by atoms with Gasteiger partial charge in [-0.3, -0.25) is 9.59 Å². The second kappa shape index (κ2) is 5.79. The largest absolute Gasteiger partial charge is 0.355 e. The molecule has 104 valence electrons. The van der Waals surface area contributed by atoms with Crippen molar-refractivity contribution in [2.24, 2.45) is 0 Å². The Kier molecular flexibility index (Phi) is 4.10. The minimum absolute atomic E-state index is 0.00583. The molecule has 1 aromatic rings. The fourth-order valence-electron chi connectivity index (χ4n) is 1.99. The van der Waals surface area contributed by atoms with Gasteiger partial charge < -0.3 is 20.1 Å². The van der Waals surface area contributed by atoms with E-state index in [0.29, 0.717) is 32.1 Å². The standard InChI is InChI=1S/C11H17N5O3/c1-3-13-10(17)8-6-12-4-5-16(8)11(18)9-14-7(2)19-15-9/h8,12H,3-6H2,1-2H3,(H,13,17). The third-order valence-electron chi connectivity index (χ3n) is 2.88. The lowest BCUT2D eigenvalue weighted by molar-refractivity contribution is -0.126. The number of hydrogen-bond donors (Lipinski definition) is 2. The van der Waals surface area contributed by atoms with E-state index >= 15 is 0 Å². The van der Waals surface area contributed by atoms with Crippen LogP contribution in [0.25, 0.3) is 0 Å². The maximum atomic E-state index is 12.3. The molecule has 1 unspecified atom stereocenters. The minimum Gasteiger partial charge on any atom is -0.355 e. The first kappa shape index (κ1) is 13.5. The third kappa shape index (κ3) is 2.90. The van der Waals surface area contributed by atoms with Crippen molar-refractivity contribution in [1.82, 2.24) is 25.7 Å². The Bertz CT molecular complexity index is 473. The van der Waals surface area contributed by atoms with Crippen molar-refractivity contribution < 1.29 is 14.1 Å². The van der Waals surface area contributed by atoms with E-state index in [1.54, 1.807) is 6.92 Å². The number of carbonyl (C=O) groups is 2. The van der Waals surface area contributed by atoms with Crippen LogP contribution in [0.15, 0.2) is 4.52 Å². The number of piperazine rings is 1. The van der Waals surface area contributed by atoms with Crippen LogP contribution < -0.4 is 10.6 Å². The van der Waals surface area contributed by atoms with E-state index < -0.39 is 6.04 Å². The summed E-state index contributed by atoms with van der Waals surface area (Å²) in [6.07, 6.45) is 0. The molecule has 1 fully saturated rings. The minimum atomic E-state index is -0.542. The highest BCUT2D eigenvalue weighted by atomic mass is 16.5. The zero-order valence-electron chi connectivity index (χ0n) is 11.0. The molecule has 0 aromatic carbocycles. The predicted octanol–water partition coefficient (Wildman–Crippen LogP) is -1.07. The Morgan fingerprint density at radius 3 is 3.00 bits per heavy atom. The highest BCUT2D eigenvalue weighted by Gasteiger charge is 2.34. The van der Waals surface area contributed by atoms with Gasteiger partial charge in [0.1, 0.15) is 6.04 Å². The molecule has 1 atom stereocenters. The summed E-state index contributed by atoms with van der Waals surface area (Å²) in [7, 11) is 0. The van der Waals surface area contributed by atoms with Crippen LogP contribution in [0.1, 0.15) is 23.4 Å². The fourth-order valence-corrected chi connectivity index (χ4v) is 1.99. The monoisotopic (exact) mass is 267 g/mol. The summed E-state index contributed by atoms with van der Waals surface area (Å²) >= 11 is 0. The highest BCUT2D eigenvalue weighted by molar-refractivity contribution is 5.95. The molecule has 0 spiro atoms. The van der Waals surface area contributed by atoms with Gasteiger partial charge in [-0.1, -0.05) is 5.16 Å². The molecule has 1 saturated heterocycles. The molecule has 0 aliphatic carbocycles. The smallest absolute Gasteiger partial charge is 0.296 e. The zero-order chi connectivity index (χ0) is 13.8. The van der Waals surface area contributed by atoms with Crippen molar-refractivity contribution in [3.05, 3.63) is 11.7 Å². The Hall–Kier alpha value is -1.96. The Labute approximate surface area is 110 Å². The van der Waals surface area contributed by atoms with Gasteiger partial charge in [0.25, 0.3) is 11.7 Å². The second-order valence-electron chi connectivity index (χ2n) is 4.25. The number of likely N-dealkylation sites (N-methyl/N-ethyl adjacent to an activating group) is 1. The molecular formula is C11H17N5O3. The van der Waals surface area contributed by atoms with E-state index in [9.17, 15) is 9.59 Å². The van der Waals surface area contributed by atoms with Gasteiger partial charge in [0.05, 0.1) is 0 Å². The van der Waals surface area contributed by atoms with Gasteiger partial charge in [0.2, 0.25) is 11.8 Å². The van der Waals surface area contributed by atoms with Crippen LogP contribution in [-0.2, 0) is 4.79 Å². The van der Waals surface area contributed by atoms with E-state index in [1.165, 1.54) is 4.90 Å². The van der Waals surface area contributed by atoms with Crippen LogP contribution in [0.5, 0.6) is 0 Å². The van der Waals surface area contributed by atoms with Crippen molar-refractivity contribution in [2.75, 3.05) is 26.2 Å². The first-order valence-electron chi connectivity index (χ1n) is 6.23. The molecule has 0 saturated carbocycles. The molecule has 1 aliphatic rings. The Balaban J connectivity index is 2.15. The molecule has 2 amide bonds. The van der Waals surface area contributed by atoms with Crippen LogP contribution in [0, 0.1) is 6.92 Å². The normalized spacial score (nSPS) is 19.3. The summed E-state index contributed by atoms with van der Waals surface area (Å²) in [5.74, 6) is -0.236. The average Bonchev–Trinajstić information content (AvgIpc) is 2.85. The van der Waals surface area contributed by atoms with Crippen molar-refractivity contribution in [3.63, 3.8) is 0 Å². The van der Waals surface area contributed by atoms with Gasteiger partial charge in [-0.15, -0.1) is 0 Å². The molecule has 1 aliphatic heterocycles. The number of aromatic nitrogens is 2.